The van der Waals surface area contributed by atoms with Gasteiger partial charge in [0.15, 0.2) is 17.3 Å². The number of benzene rings is 1. The van der Waals surface area contributed by atoms with E-state index < -0.39 is 33.2 Å². The highest BCUT2D eigenvalue weighted by Gasteiger charge is 2.41. The zero-order chi connectivity index (χ0) is 26.1. The van der Waals surface area contributed by atoms with E-state index in [1.807, 2.05) is 6.92 Å². The second-order valence-electron chi connectivity index (χ2n) is 8.92. The summed E-state index contributed by atoms with van der Waals surface area (Å²) in [6.45, 7) is 4.42. The molecule has 36 heavy (non-hydrogen) atoms. The Bertz CT molecular complexity index is 1590. The second kappa shape index (κ2) is 8.46. The van der Waals surface area contributed by atoms with Crippen molar-refractivity contribution in [1.82, 2.24) is 23.6 Å². The summed E-state index contributed by atoms with van der Waals surface area (Å²) in [5.74, 6) is -1.69. The summed E-state index contributed by atoms with van der Waals surface area (Å²) in [6.07, 6.45) is 0. The number of likely N-dealkylation sites (N-methyl/N-ethyl adjacent to an activating group) is 2. The van der Waals surface area contributed by atoms with Gasteiger partial charge in [0.2, 0.25) is 0 Å². The SMILES string of the molecule is CCN1C[C@@H](C)n2c(c(O)c3c(=O)n(Cc4ccc(F)c(Cl)c4)nc(N4CCN(C)S4(=O)=O)c32)C1=O. The van der Waals surface area contributed by atoms with Gasteiger partial charge in [-0.3, -0.25) is 9.59 Å². The lowest BCUT2D eigenvalue weighted by atomic mass is 10.2. The molecular formula is C22H24ClFN6O5S. The number of amides is 1. The Labute approximate surface area is 211 Å². The van der Waals surface area contributed by atoms with Gasteiger partial charge in [-0.25, -0.2) is 13.4 Å². The van der Waals surface area contributed by atoms with Crippen molar-refractivity contribution in [3.05, 3.63) is 50.7 Å². The number of halogens is 2. The molecule has 0 aliphatic carbocycles. The third kappa shape index (κ3) is 3.48. The van der Waals surface area contributed by atoms with Crippen LogP contribution in [0.2, 0.25) is 5.02 Å². The van der Waals surface area contributed by atoms with Crippen LogP contribution in [0, 0.1) is 5.82 Å². The highest BCUT2D eigenvalue weighted by molar-refractivity contribution is 7.90. The van der Waals surface area contributed by atoms with Gasteiger partial charge in [-0.05, 0) is 31.5 Å². The smallest absolute Gasteiger partial charge is 0.305 e. The van der Waals surface area contributed by atoms with E-state index in [0.717, 1.165) is 19.4 Å². The molecule has 2 aliphatic heterocycles. The first-order valence-electron chi connectivity index (χ1n) is 11.3. The fourth-order valence-corrected chi connectivity index (χ4v) is 6.32. The minimum absolute atomic E-state index is 0.0617. The normalized spacial score (nSPS) is 19.9. The Morgan fingerprint density at radius 1 is 1.25 bits per heavy atom. The van der Waals surface area contributed by atoms with E-state index in [1.54, 1.807) is 11.8 Å². The molecule has 192 valence electrons. The molecule has 0 radical (unpaired) electrons. The van der Waals surface area contributed by atoms with Gasteiger partial charge in [0.05, 0.1) is 18.1 Å². The van der Waals surface area contributed by atoms with E-state index in [0.29, 0.717) is 18.7 Å². The first kappa shape index (κ1) is 24.5. The van der Waals surface area contributed by atoms with Gasteiger partial charge in [-0.2, -0.15) is 12.7 Å². The molecule has 14 heteroatoms. The maximum atomic E-state index is 13.7. The Balaban J connectivity index is 1.83. The number of fused-ring (bicyclic) bond motifs is 3. The predicted molar refractivity (Wildman–Crippen MR) is 131 cm³/mol. The van der Waals surface area contributed by atoms with Crippen LogP contribution in [-0.4, -0.2) is 76.2 Å². The van der Waals surface area contributed by atoms with Crippen molar-refractivity contribution >= 4 is 44.4 Å². The number of anilines is 1. The molecule has 4 heterocycles. The number of carbonyl (C=O) groups excluding carboxylic acids is 1. The molecule has 1 amide bonds. The standard InChI is InChI=1S/C22H24ClFN6O5S/c1-4-27-10-12(2)30-17-16(19(31)18(30)22(27)33)21(32)28(11-13-5-6-15(24)14(23)9-13)25-20(17)29-8-7-26(3)36(29,34)35/h5-6,9,12,31H,4,7-8,10-11H2,1-3H3/t12-/m1/s1. The summed E-state index contributed by atoms with van der Waals surface area (Å²) in [6, 6.07) is 3.55. The molecule has 11 nitrogen and oxygen atoms in total. The molecule has 2 aromatic heterocycles. The van der Waals surface area contributed by atoms with Crippen LogP contribution in [0.3, 0.4) is 0 Å². The van der Waals surface area contributed by atoms with E-state index >= 15 is 0 Å². The lowest BCUT2D eigenvalue weighted by Gasteiger charge is -2.33. The maximum Gasteiger partial charge on any atom is 0.305 e. The van der Waals surface area contributed by atoms with Gasteiger partial charge in [-0.1, -0.05) is 17.7 Å². The molecular weight excluding hydrogens is 515 g/mol. The summed E-state index contributed by atoms with van der Waals surface area (Å²) in [5, 5.41) is 15.2. The van der Waals surface area contributed by atoms with Gasteiger partial charge in [0.1, 0.15) is 16.7 Å². The van der Waals surface area contributed by atoms with Gasteiger partial charge in [0.25, 0.3) is 11.5 Å². The van der Waals surface area contributed by atoms with E-state index in [4.69, 9.17) is 11.6 Å². The fourth-order valence-electron chi connectivity index (χ4n) is 4.82. The van der Waals surface area contributed by atoms with Gasteiger partial charge >= 0.3 is 10.2 Å². The molecule has 0 bridgehead atoms. The summed E-state index contributed by atoms with van der Waals surface area (Å²) in [5.41, 5.74) is -0.288. The van der Waals surface area contributed by atoms with Gasteiger partial charge in [0, 0.05) is 32.7 Å². The highest BCUT2D eigenvalue weighted by atomic mass is 35.5. The number of hydrogen-bond acceptors (Lipinski definition) is 6. The lowest BCUT2D eigenvalue weighted by molar-refractivity contribution is 0.0686. The van der Waals surface area contributed by atoms with Crippen LogP contribution < -0.4 is 9.86 Å². The maximum absolute atomic E-state index is 13.7. The number of aromatic nitrogens is 3. The molecule has 3 aromatic rings. The van der Waals surface area contributed by atoms with Crippen molar-refractivity contribution in [2.75, 3.05) is 37.5 Å². The average Bonchev–Trinajstić information content (AvgIpc) is 3.29. The molecule has 2 aliphatic rings. The summed E-state index contributed by atoms with van der Waals surface area (Å²) in [7, 11) is -2.53. The number of rotatable bonds is 4. The number of carbonyl (C=O) groups is 1. The Morgan fingerprint density at radius 2 is 1.97 bits per heavy atom. The van der Waals surface area contributed by atoms with Crippen LogP contribution in [0.1, 0.15) is 35.9 Å². The van der Waals surface area contributed by atoms with E-state index in [1.165, 1.54) is 23.7 Å². The van der Waals surface area contributed by atoms with Crippen molar-refractivity contribution in [1.29, 1.82) is 0 Å². The number of nitrogens with zero attached hydrogens (tertiary/aromatic N) is 6. The molecule has 1 saturated heterocycles. The topological polar surface area (TPSA) is 121 Å². The van der Waals surface area contributed by atoms with E-state index in [-0.39, 0.29) is 53.1 Å². The zero-order valence-electron chi connectivity index (χ0n) is 19.8. The van der Waals surface area contributed by atoms with Crippen LogP contribution >= 0.6 is 11.6 Å². The number of hydrogen-bond donors (Lipinski definition) is 1. The van der Waals surface area contributed by atoms with Crippen molar-refractivity contribution in [3.63, 3.8) is 0 Å². The van der Waals surface area contributed by atoms with E-state index in [2.05, 4.69) is 5.10 Å². The molecule has 0 spiro atoms. The quantitative estimate of drug-likeness (QED) is 0.540. The third-order valence-corrected chi connectivity index (χ3v) is 8.87. The Hall–Kier alpha value is -3.16. The summed E-state index contributed by atoms with van der Waals surface area (Å²) in [4.78, 5) is 28.3. The van der Waals surface area contributed by atoms with E-state index in [9.17, 15) is 27.5 Å². The Morgan fingerprint density at radius 3 is 2.58 bits per heavy atom. The second-order valence-corrected chi connectivity index (χ2v) is 11.3. The molecule has 1 fully saturated rings. The van der Waals surface area contributed by atoms with Crippen LogP contribution in [0.5, 0.6) is 5.75 Å². The van der Waals surface area contributed by atoms with Crippen molar-refractivity contribution in [3.8, 4) is 5.75 Å². The van der Waals surface area contributed by atoms with Crippen LogP contribution in [0.25, 0.3) is 10.9 Å². The van der Waals surface area contributed by atoms with Crippen molar-refractivity contribution in [2.45, 2.75) is 26.4 Å². The highest BCUT2D eigenvalue weighted by Crippen LogP contribution is 2.41. The molecule has 1 atom stereocenters. The molecule has 1 aromatic carbocycles. The average molecular weight is 539 g/mol. The molecule has 1 N–H and O–H groups in total. The predicted octanol–water partition coefficient (Wildman–Crippen LogP) is 1.78. The van der Waals surface area contributed by atoms with Gasteiger partial charge in [-0.15, -0.1) is 5.10 Å². The van der Waals surface area contributed by atoms with Crippen molar-refractivity contribution in [2.24, 2.45) is 0 Å². The molecule has 0 saturated carbocycles. The first-order chi connectivity index (χ1) is 17.0. The third-order valence-electron chi connectivity index (χ3n) is 6.70. The molecule has 5 rings (SSSR count). The largest absolute Gasteiger partial charge is 0.505 e. The minimum Gasteiger partial charge on any atom is -0.505 e. The van der Waals surface area contributed by atoms with Gasteiger partial charge < -0.3 is 14.6 Å². The zero-order valence-corrected chi connectivity index (χ0v) is 21.3. The summed E-state index contributed by atoms with van der Waals surface area (Å²) < 4.78 is 44.6. The van der Waals surface area contributed by atoms with Crippen LogP contribution in [0.15, 0.2) is 23.0 Å². The Kier molecular flexibility index (Phi) is 5.76. The minimum atomic E-state index is -3.96. The van der Waals surface area contributed by atoms with Crippen LogP contribution in [0.4, 0.5) is 10.2 Å². The lowest BCUT2D eigenvalue weighted by Crippen LogP contribution is -2.42. The molecule has 0 unspecified atom stereocenters. The fraction of sp³-hybridized carbons (Fsp3) is 0.409. The monoisotopic (exact) mass is 538 g/mol. The van der Waals surface area contributed by atoms with Crippen LogP contribution in [-0.2, 0) is 16.8 Å². The first-order valence-corrected chi connectivity index (χ1v) is 13.1. The number of aromatic hydroxyl groups is 1. The summed E-state index contributed by atoms with van der Waals surface area (Å²) >= 11 is 5.90. The van der Waals surface area contributed by atoms with Crippen molar-refractivity contribution < 1.29 is 22.7 Å².